The number of nitrogens with zero attached hydrogens (tertiary/aromatic N) is 2. The van der Waals surface area contributed by atoms with Crippen molar-refractivity contribution in [3.8, 4) is 22.4 Å². The molecule has 0 saturated carbocycles. The third-order valence-electron chi connectivity index (χ3n) is 2.90. The molecule has 0 fully saturated rings. The molecular weight excluding hydrogens is 256 g/mol. The first-order valence-corrected chi connectivity index (χ1v) is 6.36. The largest absolute Gasteiger partial charge is 0.151 e. The molecule has 0 unspecified atom stereocenters. The van der Waals surface area contributed by atoms with Gasteiger partial charge in [0.1, 0.15) is 0 Å². The van der Waals surface area contributed by atoms with Crippen LogP contribution in [0, 0.1) is 0 Å². The monoisotopic (exact) mass is 266 g/mol. The van der Waals surface area contributed by atoms with Gasteiger partial charge in [0.25, 0.3) is 0 Å². The van der Waals surface area contributed by atoms with E-state index in [1.165, 1.54) is 5.56 Å². The highest BCUT2D eigenvalue weighted by Crippen LogP contribution is 2.25. The van der Waals surface area contributed by atoms with E-state index in [4.69, 9.17) is 11.6 Å². The molecule has 2 aromatic carbocycles. The molecule has 0 atom stereocenters. The predicted octanol–water partition coefficient (Wildman–Crippen LogP) is 4.46. The zero-order valence-electron chi connectivity index (χ0n) is 10.1. The number of hydrogen-bond donors (Lipinski definition) is 0. The molecular formula is C16H11ClN2. The number of aromatic nitrogens is 2. The van der Waals surface area contributed by atoms with E-state index >= 15 is 0 Å². The van der Waals surface area contributed by atoms with Crippen molar-refractivity contribution in [1.82, 2.24) is 10.2 Å². The smallest absolute Gasteiger partial charge is 0.149 e. The van der Waals surface area contributed by atoms with Crippen molar-refractivity contribution in [2.75, 3.05) is 0 Å². The van der Waals surface area contributed by atoms with E-state index in [9.17, 15) is 0 Å². The fourth-order valence-electron chi connectivity index (χ4n) is 1.96. The molecule has 0 aliphatic carbocycles. The van der Waals surface area contributed by atoms with Gasteiger partial charge in [0.15, 0.2) is 5.15 Å². The van der Waals surface area contributed by atoms with Crippen molar-refractivity contribution in [3.63, 3.8) is 0 Å². The molecule has 1 aromatic heterocycles. The van der Waals surface area contributed by atoms with Crippen molar-refractivity contribution in [3.05, 3.63) is 71.9 Å². The van der Waals surface area contributed by atoms with E-state index < -0.39 is 0 Å². The zero-order chi connectivity index (χ0) is 13.1. The van der Waals surface area contributed by atoms with Gasteiger partial charge in [0.05, 0.1) is 5.69 Å². The Kier molecular flexibility index (Phi) is 3.25. The lowest BCUT2D eigenvalue weighted by Crippen LogP contribution is -1.87. The minimum atomic E-state index is 0.406. The number of rotatable bonds is 2. The quantitative estimate of drug-likeness (QED) is 0.684. The van der Waals surface area contributed by atoms with Crippen molar-refractivity contribution in [2.45, 2.75) is 0 Å². The molecule has 1 heterocycles. The maximum absolute atomic E-state index is 5.75. The molecule has 0 bridgehead atoms. The van der Waals surface area contributed by atoms with Crippen LogP contribution in [0.1, 0.15) is 0 Å². The van der Waals surface area contributed by atoms with E-state index in [1.54, 1.807) is 6.07 Å². The van der Waals surface area contributed by atoms with Gasteiger partial charge in [0, 0.05) is 5.56 Å². The third-order valence-corrected chi connectivity index (χ3v) is 3.10. The lowest BCUT2D eigenvalue weighted by Gasteiger charge is -2.04. The Morgan fingerprint density at radius 3 is 2.11 bits per heavy atom. The van der Waals surface area contributed by atoms with E-state index in [-0.39, 0.29) is 0 Å². The van der Waals surface area contributed by atoms with Gasteiger partial charge < -0.3 is 0 Å². The van der Waals surface area contributed by atoms with Crippen LogP contribution in [-0.4, -0.2) is 10.2 Å². The summed E-state index contributed by atoms with van der Waals surface area (Å²) < 4.78 is 0. The van der Waals surface area contributed by atoms with Crippen LogP contribution in [0.25, 0.3) is 22.4 Å². The van der Waals surface area contributed by atoms with Gasteiger partial charge in [-0.05, 0) is 29.3 Å². The van der Waals surface area contributed by atoms with Crippen LogP contribution in [-0.2, 0) is 0 Å². The summed E-state index contributed by atoms with van der Waals surface area (Å²) in [6.45, 7) is 0. The van der Waals surface area contributed by atoms with Crippen LogP contribution >= 0.6 is 11.6 Å². The minimum Gasteiger partial charge on any atom is -0.149 e. The molecule has 3 rings (SSSR count). The van der Waals surface area contributed by atoms with Crippen LogP contribution < -0.4 is 0 Å². The Morgan fingerprint density at radius 1 is 0.632 bits per heavy atom. The lowest BCUT2D eigenvalue weighted by molar-refractivity contribution is 1.04. The van der Waals surface area contributed by atoms with Gasteiger partial charge in [-0.2, -0.15) is 0 Å². The minimum absolute atomic E-state index is 0.406. The SMILES string of the molecule is Clc1ccc(-c2cccc(-c3ccccc3)c2)nn1. The molecule has 3 aromatic rings. The van der Waals surface area contributed by atoms with Gasteiger partial charge in [0.2, 0.25) is 0 Å². The number of benzene rings is 2. The van der Waals surface area contributed by atoms with Gasteiger partial charge in [-0.25, -0.2) is 0 Å². The fraction of sp³-hybridized carbons (Fsp3) is 0. The summed E-state index contributed by atoms with van der Waals surface area (Å²) in [5.74, 6) is 0. The molecule has 0 saturated heterocycles. The summed E-state index contributed by atoms with van der Waals surface area (Å²) in [5, 5.41) is 8.38. The fourth-order valence-corrected chi connectivity index (χ4v) is 2.06. The molecule has 19 heavy (non-hydrogen) atoms. The van der Waals surface area contributed by atoms with Gasteiger partial charge in [-0.15, -0.1) is 10.2 Å². The number of hydrogen-bond acceptors (Lipinski definition) is 2. The first-order valence-electron chi connectivity index (χ1n) is 5.98. The third kappa shape index (κ3) is 2.64. The summed E-state index contributed by atoms with van der Waals surface area (Å²) in [6.07, 6.45) is 0. The Balaban J connectivity index is 2.03. The summed E-state index contributed by atoms with van der Waals surface area (Å²) >= 11 is 5.75. The molecule has 0 aliphatic heterocycles. The van der Waals surface area contributed by atoms with Crippen LogP contribution in [0.15, 0.2) is 66.7 Å². The van der Waals surface area contributed by atoms with Gasteiger partial charge in [-0.3, -0.25) is 0 Å². The Morgan fingerprint density at radius 2 is 1.37 bits per heavy atom. The summed E-state index contributed by atoms with van der Waals surface area (Å²) in [5.41, 5.74) is 4.20. The van der Waals surface area contributed by atoms with Crippen LogP contribution in [0.2, 0.25) is 5.15 Å². The summed E-state index contributed by atoms with van der Waals surface area (Å²) in [4.78, 5) is 0. The highest BCUT2D eigenvalue weighted by atomic mass is 35.5. The molecule has 0 spiro atoms. The van der Waals surface area contributed by atoms with Crippen LogP contribution in [0.4, 0.5) is 0 Å². The first-order chi connectivity index (χ1) is 9.33. The highest BCUT2D eigenvalue weighted by Gasteiger charge is 2.03. The molecule has 0 radical (unpaired) electrons. The lowest BCUT2D eigenvalue weighted by atomic mass is 10.0. The van der Waals surface area contributed by atoms with E-state index in [2.05, 4.69) is 34.5 Å². The molecule has 2 nitrogen and oxygen atoms in total. The standard InChI is InChI=1S/C16H11ClN2/c17-16-10-9-15(18-19-16)14-8-4-7-13(11-14)12-5-2-1-3-6-12/h1-11H. The Hall–Kier alpha value is -2.19. The second-order valence-corrected chi connectivity index (χ2v) is 4.58. The normalized spacial score (nSPS) is 10.4. The van der Waals surface area contributed by atoms with Crippen molar-refractivity contribution < 1.29 is 0 Å². The summed E-state index contributed by atoms with van der Waals surface area (Å²) in [6, 6.07) is 22.1. The summed E-state index contributed by atoms with van der Waals surface area (Å²) in [7, 11) is 0. The second-order valence-electron chi connectivity index (χ2n) is 4.19. The highest BCUT2D eigenvalue weighted by molar-refractivity contribution is 6.29. The van der Waals surface area contributed by atoms with E-state index in [0.29, 0.717) is 5.15 Å². The molecule has 0 aliphatic rings. The average Bonchev–Trinajstić information content (AvgIpc) is 2.49. The maximum Gasteiger partial charge on any atom is 0.151 e. The van der Waals surface area contributed by atoms with E-state index in [1.807, 2.05) is 36.4 Å². The Labute approximate surface area is 116 Å². The number of halogens is 1. The second kappa shape index (κ2) is 5.21. The van der Waals surface area contributed by atoms with E-state index in [0.717, 1.165) is 16.8 Å². The predicted molar refractivity (Wildman–Crippen MR) is 77.9 cm³/mol. The van der Waals surface area contributed by atoms with Crippen molar-refractivity contribution in [2.24, 2.45) is 0 Å². The molecule has 0 amide bonds. The molecule has 92 valence electrons. The molecule has 3 heteroatoms. The topological polar surface area (TPSA) is 25.8 Å². The van der Waals surface area contributed by atoms with Crippen molar-refractivity contribution >= 4 is 11.6 Å². The zero-order valence-corrected chi connectivity index (χ0v) is 10.9. The van der Waals surface area contributed by atoms with Gasteiger partial charge >= 0.3 is 0 Å². The average molecular weight is 267 g/mol. The van der Waals surface area contributed by atoms with Gasteiger partial charge in [-0.1, -0.05) is 60.1 Å². The van der Waals surface area contributed by atoms with Crippen LogP contribution in [0.3, 0.4) is 0 Å². The maximum atomic E-state index is 5.75. The van der Waals surface area contributed by atoms with Crippen LogP contribution in [0.5, 0.6) is 0 Å². The first kappa shape index (κ1) is 11.9. The molecule has 0 N–H and O–H groups in total. The Bertz CT molecular complexity index is 679. The van der Waals surface area contributed by atoms with Crippen molar-refractivity contribution in [1.29, 1.82) is 0 Å².